The molecular weight excluding hydrogens is 296 g/mol. The first-order valence-electron chi connectivity index (χ1n) is 7.93. The fourth-order valence-electron chi connectivity index (χ4n) is 2.57. The van der Waals surface area contributed by atoms with E-state index in [1.807, 2.05) is 48.5 Å². The van der Waals surface area contributed by atoms with Crippen LogP contribution in [0.15, 0.2) is 72.8 Å². The Morgan fingerprint density at radius 1 is 0.750 bits per heavy atom. The molecule has 2 aromatic carbocycles. The molecule has 2 nitrogen and oxygen atoms in total. The van der Waals surface area contributed by atoms with Crippen molar-refractivity contribution in [2.75, 3.05) is 0 Å². The van der Waals surface area contributed by atoms with Crippen molar-refractivity contribution in [3.05, 3.63) is 84.0 Å². The van der Waals surface area contributed by atoms with Gasteiger partial charge in [-0.3, -0.25) is 9.59 Å². The Morgan fingerprint density at radius 2 is 1.21 bits per heavy atom. The largest absolute Gasteiger partial charge is 0.294 e. The summed E-state index contributed by atoms with van der Waals surface area (Å²) in [5.74, 6) is 0.0196. The van der Waals surface area contributed by atoms with Gasteiger partial charge >= 0.3 is 0 Å². The highest BCUT2D eigenvalue weighted by Gasteiger charge is 2.16. The van der Waals surface area contributed by atoms with E-state index in [9.17, 15) is 9.59 Å². The van der Waals surface area contributed by atoms with Gasteiger partial charge in [0.15, 0.2) is 11.6 Å². The Bertz CT molecular complexity index is 752. The van der Waals surface area contributed by atoms with Crippen LogP contribution in [-0.4, -0.2) is 11.6 Å². The van der Waals surface area contributed by atoms with Gasteiger partial charge in [0, 0.05) is 12.8 Å². The summed E-state index contributed by atoms with van der Waals surface area (Å²) in [6.45, 7) is 10.9. The predicted octanol–water partition coefficient (Wildman–Crippen LogP) is 4.73. The van der Waals surface area contributed by atoms with Crippen molar-refractivity contribution >= 4 is 11.6 Å². The molecule has 2 heteroatoms. The van der Waals surface area contributed by atoms with Gasteiger partial charge < -0.3 is 0 Å². The molecule has 24 heavy (non-hydrogen) atoms. The summed E-state index contributed by atoms with van der Waals surface area (Å²) in [5.41, 5.74) is 4.88. The average molecular weight is 318 g/mol. The highest BCUT2D eigenvalue weighted by molar-refractivity contribution is 5.98. The zero-order valence-electron chi connectivity index (χ0n) is 14.3. The van der Waals surface area contributed by atoms with E-state index < -0.39 is 0 Å². The maximum atomic E-state index is 12.2. The zero-order valence-corrected chi connectivity index (χ0v) is 14.3. The first-order valence-corrected chi connectivity index (χ1v) is 7.93. The van der Waals surface area contributed by atoms with E-state index in [0.717, 1.165) is 22.3 Å². The zero-order chi connectivity index (χ0) is 17.7. The molecule has 2 aromatic rings. The monoisotopic (exact) mass is 318 g/mol. The number of carbonyl (C=O) groups excluding carboxylic acids is 2. The maximum Gasteiger partial charge on any atom is 0.162 e. The second-order valence-corrected chi connectivity index (χ2v) is 6.08. The van der Waals surface area contributed by atoms with Crippen LogP contribution in [0.1, 0.15) is 25.0 Å². The lowest BCUT2D eigenvalue weighted by molar-refractivity contribution is -0.115. The SMILES string of the molecule is C=C(C)C(=O)Cc1cccc(CC(=O)C(=C)C)c1-c1ccccc1. The number of benzene rings is 2. The number of hydrogen-bond acceptors (Lipinski definition) is 2. The van der Waals surface area contributed by atoms with Crippen molar-refractivity contribution in [2.45, 2.75) is 26.7 Å². The Labute approximate surface area is 143 Å². The van der Waals surface area contributed by atoms with Gasteiger partial charge in [-0.15, -0.1) is 0 Å². The van der Waals surface area contributed by atoms with Gasteiger partial charge in [-0.1, -0.05) is 61.7 Å². The van der Waals surface area contributed by atoms with E-state index in [-0.39, 0.29) is 24.4 Å². The van der Waals surface area contributed by atoms with Crippen molar-refractivity contribution in [3.63, 3.8) is 0 Å². The minimum atomic E-state index is 0.00978. The van der Waals surface area contributed by atoms with Gasteiger partial charge in [-0.25, -0.2) is 0 Å². The second-order valence-electron chi connectivity index (χ2n) is 6.08. The van der Waals surface area contributed by atoms with Crippen LogP contribution in [0.3, 0.4) is 0 Å². The number of hydrogen-bond donors (Lipinski definition) is 0. The fourth-order valence-corrected chi connectivity index (χ4v) is 2.57. The van der Waals surface area contributed by atoms with Crippen LogP contribution in [0, 0.1) is 0 Å². The fraction of sp³-hybridized carbons (Fsp3) is 0.182. The quantitative estimate of drug-likeness (QED) is 0.692. The Balaban J connectivity index is 2.55. The predicted molar refractivity (Wildman–Crippen MR) is 98.9 cm³/mol. The third-order valence-electron chi connectivity index (χ3n) is 3.95. The van der Waals surface area contributed by atoms with Crippen LogP contribution in [0.4, 0.5) is 0 Å². The Morgan fingerprint density at radius 3 is 1.62 bits per heavy atom. The van der Waals surface area contributed by atoms with E-state index in [2.05, 4.69) is 13.2 Å². The number of allylic oxidation sites excluding steroid dienone is 2. The lowest BCUT2D eigenvalue weighted by Crippen LogP contribution is -2.09. The molecule has 0 unspecified atom stereocenters. The molecule has 0 aliphatic heterocycles. The normalized spacial score (nSPS) is 10.2. The lowest BCUT2D eigenvalue weighted by Gasteiger charge is -2.15. The summed E-state index contributed by atoms with van der Waals surface area (Å²) in [4.78, 5) is 24.3. The third kappa shape index (κ3) is 4.17. The summed E-state index contributed by atoms with van der Waals surface area (Å²) in [7, 11) is 0. The minimum Gasteiger partial charge on any atom is -0.294 e. The molecule has 0 radical (unpaired) electrons. The van der Waals surface area contributed by atoms with Gasteiger partial charge in [-0.05, 0) is 47.2 Å². The molecule has 0 heterocycles. The molecule has 0 saturated heterocycles. The van der Waals surface area contributed by atoms with Crippen molar-refractivity contribution in [2.24, 2.45) is 0 Å². The van der Waals surface area contributed by atoms with Crippen molar-refractivity contribution < 1.29 is 9.59 Å². The van der Waals surface area contributed by atoms with Gasteiger partial charge in [0.2, 0.25) is 0 Å². The smallest absolute Gasteiger partial charge is 0.162 e. The molecular formula is C22H22O2. The molecule has 0 saturated carbocycles. The summed E-state index contributed by atoms with van der Waals surface area (Å²) >= 11 is 0. The van der Waals surface area contributed by atoms with Crippen LogP contribution >= 0.6 is 0 Å². The first kappa shape index (κ1) is 17.6. The molecule has 0 atom stereocenters. The van der Waals surface area contributed by atoms with Crippen LogP contribution in [0.25, 0.3) is 11.1 Å². The van der Waals surface area contributed by atoms with Crippen molar-refractivity contribution in [1.82, 2.24) is 0 Å². The molecule has 0 amide bonds. The molecule has 122 valence electrons. The van der Waals surface area contributed by atoms with Crippen LogP contribution in [0.5, 0.6) is 0 Å². The second kappa shape index (κ2) is 7.69. The van der Waals surface area contributed by atoms with Gasteiger partial charge in [0.25, 0.3) is 0 Å². The van der Waals surface area contributed by atoms with Crippen LogP contribution < -0.4 is 0 Å². The summed E-state index contributed by atoms with van der Waals surface area (Å²) in [6.07, 6.45) is 0.573. The Kier molecular flexibility index (Phi) is 5.64. The highest BCUT2D eigenvalue weighted by atomic mass is 16.1. The van der Waals surface area contributed by atoms with E-state index in [0.29, 0.717) is 11.1 Å². The molecule has 0 fully saturated rings. The molecule has 0 aliphatic carbocycles. The first-order chi connectivity index (χ1) is 11.4. The van der Waals surface area contributed by atoms with E-state index in [1.165, 1.54) is 0 Å². The molecule has 0 spiro atoms. The van der Waals surface area contributed by atoms with Crippen molar-refractivity contribution in [3.8, 4) is 11.1 Å². The van der Waals surface area contributed by atoms with Crippen molar-refractivity contribution in [1.29, 1.82) is 0 Å². The lowest BCUT2D eigenvalue weighted by atomic mass is 9.88. The summed E-state index contributed by atoms with van der Waals surface area (Å²) in [5, 5.41) is 0. The van der Waals surface area contributed by atoms with Crippen LogP contribution in [-0.2, 0) is 22.4 Å². The van der Waals surface area contributed by atoms with Gasteiger partial charge in [-0.2, -0.15) is 0 Å². The standard InChI is InChI=1S/C22H22O2/c1-15(2)20(23)13-18-11-8-12-19(14-21(24)16(3)4)22(18)17-9-6-5-7-10-17/h5-12H,1,3,13-14H2,2,4H3. The average Bonchev–Trinajstić information content (AvgIpc) is 2.55. The topological polar surface area (TPSA) is 34.1 Å². The molecule has 0 aromatic heterocycles. The van der Waals surface area contributed by atoms with Gasteiger partial charge in [0.1, 0.15) is 0 Å². The minimum absolute atomic E-state index is 0.00978. The molecule has 0 aliphatic rings. The molecule has 0 bridgehead atoms. The Hall–Kier alpha value is -2.74. The number of carbonyl (C=O) groups is 2. The summed E-state index contributed by atoms with van der Waals surface area (Å²) < 4.78 is 0. The van der Waals surface area contributed by atoms with Gasteiger partial charge in [0.05, 0.1) is 0 Å². The van der Waals surface area contributed by atoms with E-state index in [4.69, 9.17) is 0 Å². The third-order valence-corrected chi connectivity index (χ3v) is 3.95. The van der Waals surface area contributed by atoms with Crippen LogP contribution in [0.2, 0.25) is 0 Å². The maximum absolute atomic E-state index is 12.2. The number of rotatable bonds is 7. The van der Waals surface area contributed by atoms with E-state index in [1.54, 1.807) is 13.8 Å². The molecule has 2 rings (SSSR count). The van der Waals surface area contributed by atoms with E-state index >= 15 is 0 Å². The highest BCUT2D eigenvalue weighted by Crippen LogP contribution is 2.29. The molecule has 0 N–H and O–H groups in total. The number of Topliss-reactive ketones (excluding diaryl/α,β-unsaturated/α-hetero) is 2. The summed E-state index contributed by atoms with van der Waals surface area (Å²) in [6, 6.07) is 15.6. The number of ketones is 2.